The average Bonchev–Trinajstić information content (AvgIpc) is 2.18. The first-order valence-electron chi connectivity index (χ1n) is 5.39. The number of benzene rings is 1. The Bertz CT molecular complexity index is 333. The van der Waals surface area contributed by atoms with E-state index in [-0.39, 0.29) is 5.78 Å². The van der Waals surface area contributed by atoms with Crippen molar-refractivity contribution in [1.29, 1.82) is 0 Å². The topological polar surface area (TPSA) is 26.3 Å². The van der Waals surface area contributed by atoms with Crippen molar-refractivity contribution in [3.05, 3.63) is 35.9 Å². The van der Waals surface area contributed by atoms with Crippen LogP contribution < -0.4 is 0 Å². The lowest BCUT2D eigenvalue weighted by atomic mass is 9.75. The van der Waals surface area contributed by atoms with Crippen LogP contribution in [-0.2, 0) is 16.0 Å². The molecule has 1 saturated carbocycles. The Balaban J connectivity index is 2.04. The second-order valence-corrected chi connectivity index (χ2v) is 4.14. The van der Waals surface area contributed by atoms with Gasteiger partial charge in [0.05, 0.1) is 0 Å². The van der Waals surface area contributed by atoms with E-state index in [1.165, 1.54) is 0 Å². The van der Waals surface area contributed by atoms with Crippen LogP contribution in [0.15, 0.2) is 30.3 Å². The first-order chi connectivity index (χ1) is 7.27. The van der Waals surface area contributed by atoms with E-state index >= 15 is 0 Å². The van der Waals surface area contributed by atoms with Gasteiger partial charge in [0, 0.05) is 13.5 Å². The van der Waals surface area contributed by atoms with Gasteiger partial charge >= 0.3 is 0 Å². The molecule has 0 heterocycles. The molecular weight excluding hydrogens is 188 g/mol. The number of ketones is 1. The molecule has 2 rings (SSSR count). The summed E-state index contributed by atoms with van der Waals surface area (Å²) < 4.78 is 5.36. The molecule has 0 radical (unpaired) electrons. The van der Waals surface area contributed by atoms with Crippen LogP contribution in [0.1, 0.15) is 24.8 Å². The van der Waals surface area contributed by atoms with Gasteiger partial charge in [-0.3, -0.25) is 4.79 Å². The summed E-state index contributed by atoms with van der Waals surface area (Å²) in [5.41, 5.74) is 0.612. The minimum atomic E-state index is -0.462. The van der Waals surface area contributed by atoms with Gasteiger partial charge in [-0.2, -0.15) is 0 Å². The van der Waals surface area contributed by atoms with Crippen LogP contribution in [0.3, 0.4) is 0 Å². The fraction of sp³-hybridized carbons (Fsp3) is 0.462. The largest absolute Gasteiger partial charge is 0.370 e. The molecule has 0 saturated heterocycles. The lowest BCUT2D eigenvalue weighted by molar-refractivity contribution is -0.151. The second kappa shape index (κ2) is 4.15. The van der Waals surface area contributed by atoms with Crippen molar-refractivity contribution < 1.29 is 9.53 Å². The molecule has 0 aliphatic heterocycles. The maximum atomic E-state index is 12.0. The molecule has 1 aliphatic rings. The normalized spacial score (nSPS) is 18.2. The van der Waals surface area contributed by atoms with Gasteiger partial charge in [0.15, 0.2) is 5.78 Å². The fourth-order valence-electron chi connectivity index (χ4n) is 2.04. The van der Waals surface area contributed by atoms with Crippen LogP contribution >= 0.6 is 0 Å². The third kappa shape index (κ3) is 1.95. The summed E-state index contributed by atoms with van der Waals surface area (Å²) >= 11 is 0. The van der Waals surface area contributed by atoms with Crippen LogP contribution in [0.4, 0.5) is 0 Å². The van der Waals surface area contributed by atoms with E-state index in [9.17, 15) is 4.79 Å². The Morgan fingerprint density at radius 1 is 1.33 bits per heavy atom. The van der Waals surface area contributed by atoms with Crippen molar-refractivity contribution in [1.82, 2.24) is 0 Å². The molecule has 0 aromatic heterocycles. The molecular formula is C13H16O2. The molecule has 15 heavy (non-hydrogen) atoms. The number of rotatable bonds is 4. The molecule has 0 unspecified atom stereocenters. The maximum absolute atomic E-state index is 12.0. The first-order valence-corrected chi connectivity index (χ1v) is 5.39. The first kappa shape index (κ1) is 10.4. The van der Waals surface area contributed by atoms with Gasteiger partial charge in [-0.1, -0.05) is 30.3 Å². The van der Waals surface area contributed by atoms with Crippen molar-refractivity contribution >= 4 is 5.78 Å². The van der Waals surface area contributed by atoms with E-state index in [1.807, 2.05) is 30.3 Å². The van der Waals surface area contributed by atoms with Gasteiger partial charge in [-0.15, -0.1) is 0 Å². The summed E-state index contributed by atoms with van der Waals surface area (Å²) in [7, 11) is 1.64. The Hall–Kier alpha value is -1.15. The predicted octanol–water partition coefficient (Wildman–Crippen LogP) is 2.37. The van der Waals surface area contributed by atoms with Gasteiger partial charge in [0.1, 0.15) is 5.60 Å². The molecule has 1 aliphatic carbocycles. The molecule has 80 valence electrons. The van der Waals surface area contributed by atoms with Crippen molar-refractivity contribution in [2.24, 2.45) is 0 Å². The standard InChI is InChI=1S/C13H16O2/c1-15-13(8-5-9-13)12(14)10-11-6-3-2-4-7-11/h2-4,6-7H,5,8-10H2,1H3. The molecule has 2 nitrogen and oxygen atoms in total. The van der Waals surface area contributed by atoms with Gasteiger partial charge in [-0.05, 0) is 24.8 Å². The van der Waals surface area contributed by atoms with Gasteiger partial charge in [0.2, 0.25) is 0 Å². The Labute approximate surface area is 90.3 Å². The number of hydrogen-bond acceptors (Lipinski definition) is 2. The van der Waals surface area contributed by atoms with Crippen LogP contribution in [-0.4, -0.2) is 18.5 Å². The van der Waals surface area contributed by atoms with E-state index in [2.05, 4.69) is 0 Å². The maximum Gasteiger partial charge on any atom is 0.168 e. The highest BCUT2D eigenvalue weighted by molar-refractivity contribution is 5.90. The van der Waals surface area contributed by atoms with Crippen LogP contribution in [0.25, 0.3) is 0 Å². The summed E-state index contributed by atoms with van der Waals surface area (Å²) in [6.45, 7) is 0. The van der Waals surface area contributed by atoms with Gasteiger partial charge < -0.3 is 4.74 Å². The number of ether oxygens (including phenoxy) is 1. The lowest BCUT2D eigenvalue weighted by Gasteiger charge is -2.38. The van der Waals surface area contributed by atoms with E-state index in [4.69, 9.17) is 4.74 Å². The summed E-state index contributed by atoms with van der Waals surface area (Å²) in [5.74, 6) is 0.224. The van der Waals surface area contributed by atoms with Crippen LogP contribution in [0, 0.1) is 0 Å². The molecule has 0 bridgehead atoms. The summed E-state index contributed by atoms with van der Waals surface area (Å²) in [4.78, 5) is 12.0. The SMILES string of the molecule is COC1(C(=O)Cc2ccccc2)CCC1. The zero-order valence-electron chi connectivity index (χ0n) is 9.03. The highest BCUT2D eigenvalue weighted by Gasteiger charge is 2.43. The number of carbonyl (C=O) groups excluding carboxylic acids is 1. The summed E-state index contributed by atoms with van der Waals surface area (Å²) in [6.07, 6.45) is 3.37. The van der Waals surface area contributed by atoms with Crippen LogP contribution in [0.5, 0.6) is 0 Å². The van der Waals surface area contributed by atoms with Crippen molar-refractivity contribution in [3.8, 4) is 0 Å². The Kier molecular flexibility index (Phi) is 2.87. The third-order valence-corrected chi connectivity index (χ3v) is 3.27. The molecule has 0 N–H and O–H groups in total. The van der Waals surface area contributed by atoms with E-state index in [0.29, 0.717) is 6.42 Å². The fourth-order valence-corrected chi connectivity index (χ4v) is 2.04. The molecule has 0 amide bonds. The minimum Gasteiger partial charge on any atom is -0.370 e. The van der Waals surface area contributed by atoms with E-state index in [1.54, 1.807) is 7.11 Å². The number of methoxy groups -OCH3 is 1. The quantitative estimate of drug-likeness (QED) is 0.752. The molecule has 1 aromatic rings. The highest BCUT2D eigenvalue weighted by Crippen LogP contribution is 2.36. The second-order valence-electron chi connectivity index (χ2n) is 4.14. The Morgan fingerprint density at radius 2 is 2.00 bits per heavy atom. The monoisotopic (exact) mass is 204 g/mol. The summed E-state index contributed by atoms with van der Waals surface area (Å²) in [5, 5.41) is 0. The molecule has 1 aromatic carbocycles. The highest BCUT2D eigenvalue weighted by atomic mass is 16.5. The van der Waals surface area contributed by atoms with E-state index < -0.39 is 5.60 Å². The Morgan fingerprint density at radius 3 is 2.47 bits per heavy atom. The van der Waals surface area contributed by atoms with E-state index in [0.717, 1.165) is 24.8 Å². The number of hydrogen-bond donors (Lipinski definition) is 0. The van der Waals surface area contributed by atoms with Gasteiger partial charge in [-0.25, -0.2) is 0 Å². The average molecular weight is 204 g/mol. The zero-order chi connectivity index (χ0) is 10.7. The number of Topliss-reactive ketones (excluding diaryl/α,β-unsaturated/α-hetero) is 1. The molecule has 1 fully saturated rings. The number of carbonyl (C=O) groups is 1. The smallest absolute Gasteiger partial charge is 0.168 e. The minimum absolute atomic E-state index is 0.224. The summed E-state index contributed by atoms with van der Waals surface area (Å²) in [6, 6.07) is 9.86. The van der Waals surface area contributed by atoms with Crippen molar-refractivity contribution in [3.63, 3.8) is 0 Å². The molecule has 0 atom stereocenters. The predicted molar refractivity (Wildman–Crippen MR) is 58.7 cm³/mol. The molecule has 0 spiro atoms. The van der Waals surface area contributed by atoms with Crippen molar-refractivity contribution in [2.75, 3.05) is 7.11 Å². The van der Waals surface area contributed by atoms with Crippen molar-refractivity contribution in [2.45, 2.75) is 31.3 Å². The van der Waals surface area contributed by atoms with Crippen LogP contribution in [0.2, 0.25) is 0 Å². The third-order valence-electron chi connectivity index (χ3n) is 3.27. The van der Waals surface area contributed by atoms with Gasteiger partial charge in [0.25, 0.3) is 0 Å². The lowest BCUT2D eigenvalue weighted by Crippen LogP contribution is -2.47. The molecule has 2 heteroatoms. The zero-order valence-corrected chi connectivity index (χ0v) is 9.03.